The number of carboxylic acid groups (broad SMARTS) is 1. The molecule has 1 saturated heterocycles. The Morgan fingerprint density at radius 3 is 2.50 bits per heavy atom. The molecule has 0 radical (unpaired) electrons. The van der Waals surface area contributed by atoms with Crippen molar-refractivity contribution in [2.45, 2.75) is 12.2 Å². The molecule has 0 spiro atoms. The van der Waals surface area contributed by atoms with E-state index in [-0.39, 0.29) is 24.0 Å². The van der Waals surface area contributed by atoms with Crippen LogP contribution in [0.1, 0.15) is 17.5 Å². The number of rotatable bonds is 3. The van der Waals surface area contributed by atoms with Crippen molar-refractivity contribution in [1.82, 2.24) is 20.0 Å². The maximum absolute atomic E-state index is 12.7. The van der Waals surface area contributed by atoms with Crippen LogP contribution < -0.4 is 4.90 Å². The minimum Gasteiger partial charge on any atom is -0.465 e. The van der Waals surface area contributed by atoms with E-state index in [0.29, 0.717) is 18.9 Å². The van der Waals surface area contributed by atoms with Gasteiger partial charge >= 0.3 is 18.2 Å². The average Bonchev–Trinajstić information content (AvgIpc) is 3.25. The van der Waals surface area contributed by atoms with Crippen LogP contribution in [-0.2, 0) is 6.18 Å². The van der Waals surface area contributed by atoms with Crippen LogP contribution in [0.4, 0.5) is 23.8 Å². The lowest BCUT2D eigenvalue weighted by atomic mass is 10.0. The summed E-state index contributed by atoms with van der Waals surface area (Å²) in [5.74, 6) is -1.07. The lowest BCUT2D eigenvalue weighted by Crippen LogP contribution is -2.50. The molecule has 1 N–H and O–H groups in total. The van der Waals surface area contributed by atoms with E-state index in [1.165, 1.54) is 11.1 Å². The van der Waals surface area contributed by atoms with Crippen molar-refractivity contribution in [2.24, 2.45) is 0 Å². The summed E-state index contributed by atoms with van der Waals surface area (Å²) in [4.78, 5) is 22.5. The third kappa shape index (κ3) is 3.91. The van der Waals surface area contributed by atoms with Crippen molar-refractivity contribution in [2.75, 3.05) is 24.5 Å². The molecule has 8 nitrogen and oxygen atoms in total. The van der Waals surface area contributed by atoms with Crippen LogP contribution in [0.15, 0.2) is 53.2 Å². The van der Waals surface area contributed by atoms with Gasteiger partial charge in [0.15, 0.2) is 0 Å². The Morgan fingerprint density at radius 2 is 1.90 bits per heavy atom. The van der Waals surface area contributed by atoms with Crippen molar-refractivity contribution in [3.8, 4) is 11.4 Å². The van der Waals surface area contributed by atoms with Gasteiger partial charge in [0.25, 0.3) is 0 Å². The second kappa shape index (κ2) is 7.65. The second-order valence-corrected chi connectivity index (χ2v) is 6.67. The molecule has 30 heavy (non-hydrogen) atoms. The van der Waals surface area contributed by atoms with Crippen molar-refractivity contribution < 1.29 is 27.6 Å². The highest BCUT2D eigenvalue weighted by molar-refractivity contribution is 5.66. The summed E-state index contributed by atoms with van der Waals surface area (Å²) in [5.41, 5.74) is 1.21. The number of benzene rings is 1. The topological polar surface area (TPSA) is 95.6 Å². The molecule has 4 rings (SSSR count). The summed E-state index contributed by atoms with van der Waals surface area (Å²) in [7, 11) is 0. The number of nitrogens with zero attached hydrogens (tertiary/aromatic N) is 5. The summed E-state index contributed by atoms with van der Waals surface area (Å²) in [6.07, 6.45) is -4.34. The Kier molecular flexibility index (Phi) is 5.02. The fourth-order valence-corrected chi connectivity index (χ4v) is 3.34. The smallest absolute Gasteiger partial charge is 0.465 e. The number of alkyl halides is 3. The number of halogens is 3. The molecule has 0 saturated carbocycles. The quantitative estimate of drug-likeness (QED) is 0.692. The molecule has 0 aliphatic carbocycles. The first kappa shape index (κ1) is 19.7. The molecule has 1 amide bonds. The zero-order valence-corrected chi connectivity index (χ0v) is 15.5. The van der Waals surface area contributed by atoms with E-state index in [1.54, 1.807) is 12.1 Å². The number of pyridine rings is 1. The molecule has 2 aromatic heterocycles. The van der Waals surface area contributed by atoms with E-state index in [9.17, 15) is 23.1 Å². The second-order valence-electron chi connectivity index (χ2n) is 6.67. The SMILES string of the molecule is O=C(O)N1CCN(c2ccc(-c3noc(C(F)(F)F)n3)cn2)C(c2ccccc2)C1. The largest absolute Gasteiger partial charge is 0.471 e. The van der Waals surface area contributed by atoms with Gasteiger partial charge in [0.1, 0.15) is 5.82 Å². The third-order valence-corrected chi connectivity index (χ3v) is 4.80. The first-order chi connectivity index (χ1) is 14.3. The van der Waals surface area contributed by atoms with Crippen molar-refractivity contribution >= 4 is 11.9 Å². The van der Waals surface area contributed by atoms with Gasteiger partial charge in [-0.15, -0.1) is 0 Å². The van der Waals surface area contributed by atoms with Gasteiger partial charge < -0.3 is 19.4 Å². The van der Waals surface area contributed by atoms with Gasteiger partial charge in [-0.3, -0.25) is 0 Å². The monoisotopic (exact) mass is 419 g/mol. The van der Waals surface area contributed by atoms with Crippen molar-refractivity contribution in [3.63, 3.8) is 0 Å². The third-order valence-electron chi connectivity index (χ3n) is 4.80. The van der Waals surface area contributed by atoms with Gasteiger partial charge in [0, 0.05) is 31.4 Å². The number of amides is 1. The summed E-state index contributed by atoms with van der Waals surface area (Å²) < 4.78 is 42.2. The van der Waals surface area contributed by atoms with Gasteiger partial charge in [0.05, 0.1) is 6.04 Å². The van der Waals surface area contributed by atoms with Crippen LogP contribution >= 0.6 is 0 Å². The summed E-state index contributed by atoms with van der Waals surface area (Å²) >= 11 is 0. The van der Waals surface area contributed by atoms with E-state index in [2.05, 4.69) is 19.6 Å². The molecule has 1 unspecified atom stereocenters. The van der Waals surface area contributed by atoms with E-state index in [0.717, 1.165) is 5.56 Å². The van der Waals surface area contributed by atoms with E-state index < -0.39 is 18.2 Å². The normalized spacial score (nSPS) is 17.2. The Morgan fingerprint density at radius 1 is 1.13 bits per heavy atom. The van der Waals surface area contributed by atoms with Crippen LogP contribution in [-0.4, -0.2) is 50.9 Å². The molecule has 1 fully saturated rings. The molecule has 3 heterocycles. The van der Waals surface area contributed by atoms with Crippen LogP contribution in [0.25, 0.3) is 11.4 Å². The van der Waals surface area contributed by atoms with E-state index in [4.69, 9.17) is 0 Å². The average molecular weight is 419 g/mol. The zero-order chi connectivity index (χ0) is 21.3. The number of hydrogen-bond acceptors (Lipinski definition) is 6. The Balaban J connectivity index is 1.60. The van der Waals surface area contributed by atoms with Gasteiger partial charge in [-0.1, -0.05) is 35.5 Å². The lowest BCUT2D eigenvalue weighted by molar-refractivity contribution is -0.159. The number of aromatic nitrogens is 3. The Labute approximate surface area is 168 Å². The van der Waals surface area contributed by atoms with E-state index >= 15 is 0 Å². The zero-order valence-electron chi connectivity index (χ0n) is 15.5. The molecular weight excluding hydrogens is 403 g/mol. The Bertz CT molecular complexity index is 1020. The number of hydrogen-bond donors (Lipinski definition) is 1. The fraction of sp³-hybridized carbons (Fsp3) is 0.263. The molecule has 1 aliphatic heterocycles. The highest BCUT2D eigenvalue weighted by Gasteiger charge is 2.38. The Hall–Kier alpha value is -3.63. The molecule has 0 bridgehead atoms. The van der Waals surface area contributed by atoms with E-state index in [1.807, 2.05) is 35.2 Å². The fourth-order valence-electron chi connectivity index (χ4n) is 3.34. The standard InChI is InChI=1S/C19H16F3N5O3/c20-19(21,22)17-24-16(25-30-17)13-6-7-15(23-10-13)27-9-8-26(18(28)29)11-14(27)12-4-2-1-3-5-12/h1-7,10,14H,8-9,11H2,(H,28,29). The minimum atomic E-state index is -4.72. The molecule has 1 aromatic carbocycles. The lowest BCUT2D eigenvalue weighted by Gasteiger charge is -2.41. The first-order valence-electron chi connectivity index (χ1n) is 9.00. The molecular formula is C19H16F3N5O3. The number of anilines is 1. The van der Waals surface area contributed by atoms with Gasteiger partial charge in [0.2, 0.25) is 5.82 Å². The minimum absolute atomic E-state index is 0.211. The summed E-state index contributed by atoms with van der Waals surface area (Å²) in [6, 6.07) is 12.4. The molecule has 3 aromatic rings. The summed E-state index contributed by atoms with van der Waals surface area (Å²) in [5, 5.41) is 12.7. The predicted molar refractivity (Wildman–Crippen MR) is 98.7 cm³/mol. The first-order valence-corrected chi connectivity index (χ1v) is 9.00. The maximum atomic E-state index is 12.7. The van der Waals surface area contributed by atoms with Gasteiger partial charge in [-0.25, -0.2) is 9.78 Å². The van der Waals surface area contributed by atoms with Gasteiger partial charge in [-0.2, -0.15) is 18.2 Å². The number of carbonyl (C=O) groups is 1. The molecule has 11 heteroatoms. The number of piperazine rings is 1. The molecule has 1 atom stereocenters. The van der Waals surface area contributed by atoms with Crippen molar-refractivity contribution in [3.05, 3.63) is 60.1 Å². The van der Waals surface area contributed by atoms with Crippen LogP contribution in [0.3, 0.4) is 0 Å². The highest BCUT2D eigenvalue weighted by atomic mass is 19.4. The van der Waals surface area contributed by atoms with Crippen LogP contribution in [0.5, 0.6) is 0 Å². The van der Waals surface area contributed by atoms with Gasteiger partial charge in [-0.05, 0) is 17.7 Å². The highest BCUT2D eigenvalue weighted by Crippen LogP contribution is 2.32. The molecule has 156 valence electrons. The van der Waals surface area contributed by atoms with Crippen LogP contribution in [0.2, 0.25) is 0 Å². The maximum Gasteiger partial charge on any atom is 0.471 e. The van der Waals surface area contributed by atoms with Crippen LogP contribution in [0, 0.1) is 0 Å². The molecule has 1 aliphatic rings. The summed E-state index contributed by atoms with van der Waals surface area (Å²) in [6.45, 7) is 0.989. The predicted octanol–water partition coefficient (Wildman–Crippen LogP) is 3.69. The van der Waals surface area contributed by atoms with Crippen molar-refractivity contribution in [1.29, 1.82) is 0 Å².